The molecule has 0 N–H and O–H groups in total. The van der Waals surface area contributed by atoms with Crippen LogP contribution in [-0.2, 0) is 9.59 Å². The van der Waals surface area contributed by atoms with Crippen molar-refractivity contribution in [1.29, 1.82) is 0 Å². The zero-order chi connectivity index (χ0) is 36.5. The molecule has 6 rings (SSSR count). The number of non-ortho nitro benzene ring substituents is 1. The summed E-state index contributed by atoms with van der Waals surface area (Å²) in [5.74, 6) is -7.45. The van der Waals surface area contributed by atoms with Crippen LogP contribution in [0.25, 0.3) is 0 Å². The number of hydrogen-bond acceptors (Lipinski definition) is 9. The highest BCUT2D eigenvalue weighted by atomic mass is 35.5. The molecular formula is C32H19Cl6N3O9. The van der Waals surface area contributed by atoms with Gasteiger partial charge in [0.2, 0.25) is 0 Å². The van der Waals surface area contributed by atoms with Gasteiger partial charge in [-0.05, 0) is 54.6 Å². The number of alkyl halides is 4. The number of carbonyl (C=O) groups excluding carboxylic acids is 5. The summed E-state index contributed by atoms with van der Waals surface area (Å²) in [6.45, 7) is -0.901. The summed E-state index contributed by atoms with van der Waals surface area (Å²) in [6.07, 6.45) is 0. The minimum Gasteiger partial charge on any atom is -0.497 e. The summed E-state index contributed by atoms with van der Waals surface area (Å²) in [6, 6.07) is 15.7. The van der Waals surface area contributed by atoms with Crippen LogP contribution in [0.5, 0.6) is 11.5 Å². The second-order valence-corrected chi connectivity index (χ2v) is 14.6. The monoisotopic (exact) mass is 799 g/mol. The van der Waals surface area contributed by atoms with Gasteiger partial charge in [0, 0.05) is 23.3 Å². The third kappa shape index (κ3) is 5.15. The molecule has 50 heavy (non-hydrogen) atoms. The molecule has 2 fully saturated rings. The Morgan fingerprint density at radius 2 is 1.36 bits per heavy atom. The van der Waals surface area contributed by atoms with Crippen molar-refractivity contribution in [3.8, 4) is 11.5 Å². The highest BCUT2D eigenvalue weighted by molar-refractivity contribution is 6.66. The number of nitro benzene ring substituents is 1. The molecule has 2 aliphatic carbocycles. The van der Waals surface area contributed by atoms with Gasteiger partial charge < -0.3 is 9.47 Å². The van der Waals surface area contributed by atoms with Crippen molar-refractivity contribution in [3.63, 3.8) is 0 Å². The van der Waals surface area contributed by atoms with Crippen molar-refractivity contribution < 1.29 is 38.4 Å². The number of allylic oxidation sites excluding steroid dienone is 2. The number of nitro groups is 1. The van der Waals surface area contributed by atoms with Gasteiger partial charge in [-0.3, -0.25) is 29.3 Å². The van der Waals surface area contributed by atoms with Crippen molar-refractivity contribution in [2.24, 2.45) is 11.8 Å². The quantitative estimate of drug-likeness (QED) is 0.0448. The second kappa shape index (κ2) is 12.7. The Labute approximate surface area is 312 Å². The summed E-state index contributed by atoms with van der Waals surface area (Å²) in [7, 11) is 1.45. The number of hydrazine groups is 1. The third-order valence-corrected chi connectivity index (χ3v) is 12.9. The molecular weight excluding hydrogens is 783 g/mol. The standard InChI is InChI=1S/C32H19Cl6N3O9/c1-49-20-4-2-3-17(13-20)29(46)50-19-11-7-15(8-12-19)21(42)14-39(26(43)16-5-9-18(10-6-16)41(47)48)40-27(44)22-23(28(40)45)31(36)25(34)24(33)30(22,35)32(31,37)38/h2-13,22-23H,14H2,1H3/t22-,23+,30-,31-/m1/s1. The highest BCUT2D eigenvalue weighted by Gasteiger charge is 2.88. The fourth-order valence-corrected chi connectivity index (χ4v) is 9.11. The van der Waals surface area contributed by atoms with Crippen molar-refractivity contribution >= 4 is 105 Å². The second-order valence-electron chi connectivity index (χ2n) is 11.3. The topological polar surface area (TPSA) is 153 Å². The summed E-state index contributed by atoms with van der Waals surface area (Å²) < 4.78 is 8.25. The molecule has 3 aromatic carbocycles. The number of nitrogens with zero attached hydrogens (tertiary/aromatic N) is 3. The molecule has 1 saturated heterocycles. The molecule has 0 spiro atoms. The normalized spacial score (nSPS) is 24.7. The van der Waals surface area contributed by atoms with Crippen molar-refractivity contribution in [2.75, 3.05) is 13.7 Å². The Morgan fingerprint density at radius 3 is 1.88 bits per heavy atom. The first kappa shape index (κ1) is 35.9. The third-order valence-electron chi connectivity index (χ3n) is 8.67. The molecule has 0 aromatic heterocycles. The lowest BCUT2D eigenvalue weighted by Crippen LogP contribution is -2.56. The molecule has 1 aliphatic heterocycles. The molecule has 12 nitrogen and oxygen atoms in total. The number of imide groups is 1. The molecule has 3 aromatic rings. The van der Waals surface area contributed by atoms with Gasteiger partial charge in [-0.25, -0.2) is 9.80 Å². The summed E-state index contributed by atoms with van der Waals surface area (Å²) in [5.41, 5.74) is -0.370. The summed E-state index contributed by atoms with van der Waals surface area (Å²) in [4.78, 5) is 74.5. The van der Waals surface area contributed by atoms with Gasteiger partial charge in [-0.2, -0.15) is 5.01 Å². The number of methoxy groups -OCH3 is 1. The van der Waals surface area contributed by atoms with Crippen LogP contribution in [0.1, 0.15) is 31.1 Å². The fourth-order valence-electron chi connectivity index (χ4n) is 6.18. The van der Waals surface area contributed by atoms with Crippen LogP contribution in [0.15, 0.2) is 82.9 Å². The molecule has 2 bridgehead atoms. The number of hydrogen-bond donors (Lipinski definition) is 0. The number of rotatable bonds is 9. The van der Waals surface area contributed by atoms with Gasteiger partial charge in [0.05, 0.1) is 39.5 Å². The minimum atomic E-state index is -2.25. The zero-order valence-corrected chi connectivity index (χ0v) is 29.6. The predicted molar refractivity (Wildman–Crippen MR) is 182 cm³/mol. The van der Waals surface area contributed by atoms with E-state index < -0.39 is 66.9 Å². The van der Waals surface area contributed by atoms with E-state index in [0.717, 1.165) is 24.3 Å². The largest absolute Gasteiger partial charge is 0.497 e. The number of esters is 1. The van der Waals surface area contributed by atoms with Crippen molar-refractivity contribution in [3.05, 3.63) is 110 Å². The van der Waals surface area contributed by atoms with Crippen LogP contribution in [0.4, 0.5) is 5.69 Å². The first-order chi connectivity index (χ1) is 23.5. The van der Waals surface area contributed by atoms with Gasteiger partial charge >= 0.3 is 5.97 Å². The number of ether oxygens (including phenoxy) is 2. The van der Waals surface area contributed by atoms with E-state index in [2.05, 4.69) is 0 Å². The van der Waals surface area contributed by atoms with Crippen molar-refractivity contribution in [1.82, 2.24) is 10.0 Å². The van der Waals surface area contributed by atoms with Crippen LogP contribution in [0, 0.1) is 22.0 Å². The maximum atomic E-state index is 14.1. The summed E-state index contributed by atoms with van der Waals surface area (Å²) >= 11 is 39.5. The van der Waals surface area contributed by atoms with Crippen LogP contribution >= 0.6 is 69.6 Å². The molecule has 1 saturated carbocycles. The van der Waals surface area contributed by atoms with E-state index in [9.17, 15) is 34.1 Å². The lowest BCUT2D eigenvalue weighted by atomic mass is 9.84. The Morgan fingerprint density at radius 1 is 0.820 bits per heavy atom. The van der Waals surface area contributed by atoms with Crippen LogP contribution < -0.4 is 9.47 Å². The summed E-state index contributed by atoms with van der Waals surface area (Å²) in [5, 5.41) is 11.5. The maximum Gasteiger partial charge on any atom is 0.343 e. The SMILES string of the molecule is COc1cccc(C(=O)Oc2ccc(C(=O)CN(C(=O)c3ccc([N+](=O)[O-])cc3)N3C(=O)[C@@H]4[C@H](C3=O)[C@@]3(Cl)C(Cl)=C(Cl)[C@@]4(Cl)C3(Cl)Cl)cc2)c1. The molecule has 258 valence electrons. The van der Waals surface area contributed by atoms with Gasteiger partial charge in [-0.1, -0.05) is 52.5 Å². The first-order valence-corrected chi connectivity index (χ1v) is 16.5. The Kier molecular flexibility index (Phi) is 9.12. The smallest absolute Gasteiger partial charge is 0.343 e. The number of ketones is 1. The lowest BCUT2D eigenvalue weighted by molar-refractivity contribution is -0.384. The van der Waals surface area contributed by atoms with Gasteiger partial charge in [0.25, 0.3) is 23.4 Å². The van der Waals surface area contributed by atoms with Crippen LogP contribution in [0.2, 0.25) is 0 Å². The Balaban J connectivity index is 1.31. The predicted octanol–water partition coefficient (Wildman–Crippen LogP) is 6.51. The van der Waals surface area contributed by atoms with E-state index in [1.165, 1.54) is 43.5 Å². The van der Waals surface area contributed by atoms with Crippen molar-refractivity contribution in [2.45, 2.75) is 14.1 Å². The van der Waals surface area contributed by atoms with E-state index in [-0.39, 0.29) is 38.2 Å². The van der Waals surface area contributed by atoms with Gasteiger partial charge in [0.1, 0.15) is 27.8 Å². The molecule has 0 radical (unpaired) electrons. The number of amides is 3. The van der Waals surface area contributed by atoms with Crippen LogP contribution in [-0.4, -0.2) is 72.2 Å². The molecule has 0 unspecified atom stereocenters. The van der Waals surface area contributed by atoms with E-state index in [0.29, 0.717) is 15.8 Å². The van der Waals surface area contributed by atoms with E-state index in [4.69, 9.17) is 79.1 Å². The number of benzene rings is 3. The zero-order valence-electron chi connectivity index (χ0n) is 25.1. The van der Waals surface area contributed by atoms with E-state index >= 15 is 0 Å². The molecule has 1 heterocycles. The maximum absolute atomic E-state index is 14.1. The van der Waals surface area contributed by atoms with Gasteiger partial charge in [-0.15, -0.1) is 23.2 Å². The highest BCUT2D eigenvalue weighted by Crippen LogP contribution is 2.77. The van der Waals surface area contributed by atoms with Gasteiger partial charge in [0.15, 0.2) is 10.1 Å². The molecule has 3 amide bonds. The van der Waals surface area contributed by atoms with E-state index in [1.54, 1.807) is 12.1 Å². The first-order valence-electron chi connectivity index (χ1n) is 14.3. The number of halogens is 6. The minimum absolute atomic E-state index is 0.0112. The molecule has 18 heteroatoms. The fraction of sp³-hybridized carbons (Fsp3) is 0.219. The Bertz CT molecular complexity index is 2000. The number of carbonyl (C=O) groups is 5. The Hall–Kier alpha value is -3.91. The average Bonchev–Trinajstić information content (AvgIpc) is 3.49. The van der Waals surface area contributed by atoms with Crippen LogP contribution in [0.3, 0.4) is 0 Å². The number of Topliss-reactive ketones (excluding diaryl/α,β-unsaturated/α-hetero) is 1. The average molecular weight is 802 g/mol. The number of fused-ring (bicyclic) bond motifs is 5. The molecule has 3 aliphatic rings. The lowest BCUT2D eigenvalue weighted by Gasteiger charge is -2.36. The molecule has 4 atom stereocenters. The van der Waals surface area contributed by atoms with E-state index in [1.807, 2.05) is 0 Å².